The predicted octanol–water partition coefficient (Wildman–Crippen LogP) is -4.22. The second kappa shape index (κ2) is 12.9. The molecule has 0 saturated heterocycles. The average Bonchev–Trinajstić information content (AvgIpc) is 3.77. The van der Waals surface area contributed by atoms with E-state index in [4.69, 9.17) is 11.5 Å². The van der Waals surface area contributed by atoms with Crippen LogP contribution in [0.25, 0.3) is 33.5 Å². The molecule has 0 unspecified atom stereocenters. The number of aryl methyl sites for hydroxylation is 4. The molecule has 0 spiro atoms. The number of rotatable bonds is 1. The molecule has 0 amide bonds. The summed E-state index contributed by atoms with van der Waals surface area (Å²) in [6.07, 6.45) is 4.29. The summed E-state index contributed by atoms with van der Waals surface area (Å²) in [6, 6.07) is 0. The fraction of sp³-hybridized carbons (Fsp3) is 0.348. The highest BCUT2D eigenvalue weighted by molar-refractivity contribution is 5.70. The summed E-state index contributed by atoms with van der Waals surface area (Å²) in [5, 5.41) is 0. The van der Waals surface area contributed by atoms with Crippen LogP contribution >= 0.6 is 0 Å². The third-order valence-corrected chi connectivity index (χ3v) is 6.20. The number of aromatic amines is 3. The van der Waals surface area contributed by atoms with Crippen LogP contribution < -0.4 is 45.2 Å². The Morgan fingerprint density at radius 1 is 0.628 bits per heavy atom. The highest BCUT2D eigenvalue weighted by Gasteiger charge is 2.10. The van der Waals surface area contributed by atoms with Crippen molar-refractivity contribution in [3.8, 4) is 0 Å². The Hall–Kier alpha value is -5.63. The third kappa shape index (κ3) is 6.04. The average molecular weight is 601 g/mol. The molecule has 0 aliphatic rings. The van der Waals surface area contributed by atoms with Crippen molar-refractivity contribution < 1.29 is 0 Å². The minimum absolute atomic E-state index is 0.351. The molecule has 0 saturated carbocycles. The van der Waals surface area contributed by atoms with Gasteiger partial charge in [0, 0.05) is 55.4 Å². The molecular formula is C23H32N14O6. The van der Waals surface area contributed by atoms with Gasteiger partial charge in [-0.3, -0.25) is 42.2 Å². The van der Waals surface area contributed by atoms with Gasteiger partial charge in [-0.1, -0.05) is 0 Å². The van der Waals surface area contributed by atoms with Gasteiger partial charge in [0.15, 0.2) is 22.5 Å². The molecule has 6 aromatic heterocycles. The Morgan fingerprint density at radius 3 is 1.49 bits per heavy atom. The van der Waals surface area contributed by atoms with Crippen molar-refractivity contribution in [3.05, 3.63) is 81.5 Å². The van der Waals surface area contributed by atoms with Gasteiger partial charge < -0.3 is 26.0 Å². The van der Waals surface area contributed by atoms with Gasteiger partial charge in [-0.05, 0) is 0 Å². The van der Waals surface area contributed by atoms with E-state index in [1.807, 2.05) is 0 Å². The van der Waals surface area contributed by atoms with Crippen LogP contribution in [-0.2, 0) is 42.3 Å². The highest BCUT2D eigenvalue weighted by atomic mass is 16.2. The molecule has 43 heavy (non-hydrogen) atoms. The highest BCUT2D eigenvalue weighted by Crippen LogP contribution is 2.01. The summed E-state index contributed by atoms with van der Waals surface area (Å²) >= 11 is 0. The van der Waals surface area contributed by atoms with Crippen LogP contribution in [0.1, 0.15) is 0 Å². The SMILES string of the molecule is Cn1c(=O)c2[nH]cnc2n(C)c1=O.Cn1c(=O)c2[nH]cnc2n(C)c1=O.Cn1cnc2c1c(=O)[nH]c(=O)n2C.NCCN. The Kier molecular flexibility index (Phi) is 9.57. The van der Waals surface area contributed by atoms with Crippen molar-refractivity contribution >= 4 is 33.5 Å². The summed E-state index contributed by atoms with van der Waals surface area (Å²) in [5.41, 5.74) is 9.78. The van der Waals surface area contributed by atoms with Crippen molar-refractivity contribution in [1.29, 1.82) is 0 Å². The number of H-pyrrole nitrogens is 3. The molecule has 230 valence electrons. The lowest BCUT2D eigenvalue weighted by atomic mass is 10.5. The maximum absolute atomic E-state index is 11.4. The number of nitrogens with two attached hydrogens (primary N) is 2. The lowest BCUT2D eigenvalue weighted by Crippen LogP contribution is -2.36. The first-order valence-electron chi connectivity index (χ1n) is 12.5. The fourth-order valence-electron chi connectivity index (χ4n) is 3.80. The van der Waals surface area contributed by atoms with Crippen LogP contribution in [0.3, 0.4) is 0 Å². The van der Waals surface area contributed by atoms with E-state index in [1.165, 1.54) is 46.8 Å². The molecule has 6 heterocycles. The normalized spacial score (nSPS) is 10.6. The Morgan fingerprint density at radius 2 is 1.07 bits per heavy atom. The van der Waals surface area contributed by atoms with Crippen LogP contribution in [-0.4, -0.2) is 70.4 Å². The monoisotopic (exact) mass is 600 g/mol. The van der Waals surface area contributed by atoms with E-state index in [1.54, 1.807) is 32.8 Å². The molecule has 20 heteroatoms. The molecule has 7 N–H and O–H groups in total. The lowest BCUT2D eigenvalue weighted by Gasteiger charge is -2.00. The van der Waals surface area contributed by atoms with Crippen molar-refractivity contribution in [2.24, 2.45) is 53.8 Å². The van der Waals surface area contributed by atoms with Crippen molar-refractivity contribution in [2.75, 3.05) is 13.1 Å². The van der Waals surface area contributed by atoms with Gasteiger partial charge in [0.1, 0.15) is 11.0 Å². The van der Waals surface area contributed by atoms with Gasteiger partial charge in [0.05, 0.1) is 19.0 Å². The van der Waals surface area contributed by atoms with Crippen molar-refractivity contribution in [2.45, 2.75) is 0 Å². The maximum atomic E-state index is 11.4. The minimum atomic E-state index is -0.448. The van der Waals surface area contributed by atoms with E-state index in [0.29, 0.717) is 46.6 Å². The maximum Gasteiger partial charge on any atom is 0.332 e. The van der Waals surface area contributed by atoms with E-state index < -0.39 is 11.2 Å². The fourth-order valence-corrected chi connectivity index (χ4v) is 3.80. The molecular weight excluding hydrogens is 568 g/mol. The van der Waals surface area contributed by atoms with E-state index in [0.717, 1.165) is 9.13 Å². The Bertz CT molecular complexity index is 2160. The van der Waals surface area contributed by atoms with Crippen LogP contribution in [0.15, 0.2) is 47.7 Å². The van der Waals surface area contributed by atoms with E-state index >= 15 is 0 Å². The first-order valence-corrected chi connectivity index (χ1v) is 12.5. The quantitative estimate of drug-likeness (QED) is 0.121. The van der Waals surface area contributed by atoms with Gasteiger partial charge in [-0.25, -0.2) is 29.3 Å². The van der Waals surface area contributed by atoms with Crippen LogP contribution in [0.2, 0.25) is 0 Å². The number of aromatic nitrogens is 12. The van der Waals surface area contributed by atoms with E-state index in [2.05, 4.69) is 29.9 Å². The first kappa shape index (κ1) is 31.9. The molecule has 6 rings (SSSR count). The molecule has 0 atom stereocenters. The van der Waals surface area contributed by atoms with Crippen LogP contribution in [0.5, 0.6) is 0 Å². The zero-order chi connectivity index (χ0) is 32.2. The number of imidazole rings is 3. The standard InChI is InChI=1S/3C7H8N4O2.C2H8N2/c1-10-3-8-5-4(10)6(12)9-7(13)11(5)2;2*1-10-5-4(8-3-9-5)6(12)11(2)7(10)13;3-1-2-4/h3H,1-2H3,(H,9,12,13);2*3H,1-2H3,(H,8,9);1-4H2. The summed E-state index contributed by atoms with van der Waals surface area (Å²) in [5.74, 6) is 0. The van der Waals surface area contributed by atoms with Crippen molar-refractivity contribution in [1.82, 2.24) is 57.3 Å². The molecule has 0 bridgehead atoms. The van der Waals surface area contributed by atoms with E-state index in [9.17, 15) is 28.8 Å². The topological polar surface area (TPSA) is 270 Å². The number of nitrogens with zero attached hydrogens (tertiary/aromatic N) is 9. The van der Waals surface area contributed by atoms with Gasteiger partial charge in [-0.15, -0.1) is 0 Å². The van der Waals surface area contributed by atoms with Crippen LogP contribution in [0.4, 0.5) is 0 Å². The molecule has 0 aliphatic heterocycles. The molecule has 0 fully saturated rings. The van der Waals surface area contributed by atoms with Gasteiger partial charge in [0.2, 0.25) is 0 Å². The second-order valence-electron chi connectivity index (χ2n) is 9.04. The van der Waals surface area contributed by atoms with E-state index in [-0.39, 0.29) is 22.5 Å². The zero-order valence-electron chi connectivity index (χ0n) is 24.3. The van der Waals surface area contributed by atoms with Crippen LogP contribution in [0, 0.1) is 0 Å². The molecule has 20 nitrogen and oxygen atoms in total. The predicted molar refractivity (Wildman–Crippen MR) is 158 cm³/mol. The summed E-state index contributed by atoms with van der Waals surface area (Å²) in [4.78, 5) is 87.3. The molecule has 0 aromatic carbocycles. The molecule has 0 radical (unpaired) electrons. The largest absolute Gasteiger partial charge is 0.339 e. The third-order valence-electron chi connectivity index (χ3n) is 6.20. The summed E-state index contributed by atoms with van der Waals surface area (Å²) in [7, 11) is 9.29. The summed E-state index contributed by atoms with van der Waals surface area (Å²) in [6.45, 7) is 1.19. The number of hydrogen-bond donors (Lipinski definition) is 5. The summed E-state index contributed by atoms with van der Waals surface area (Å²) < 4.78 is 7.62. The first-order chi connectivity index (χ1) is 20.3. The van der Waals surface area contributed by atoms with Gasteiger partial charge in [-0.2, -0.15) is 0 Å². The smallest absolute Gasteiger partial charge is 0.332 e. The Labute approximate surface area is 239 Å². The number of hydrogen-bond acceptors (Lipinski definition) is 11. The zero-order valence-corrected chi connectivity index (χ0v) is 24.3. The number of nitrogens with one attached hydrogen (secondary N) is 3. The number of fused-ring (bicyclic) bond motifs is 3. The lowest BCUT2D eigenvalue weighted by molar-refractivity contribution is 0.709. The minimum Gasteiger partial charge on any atom is -0.339 e. The second-order valence-corrected chi connectivity index (χ2v) is 9.04. The molecule has 6 aromatic rings. The molecule has 0 aliphatic carbocycles. The Balaban J connectivity index is 0.000000166. The van der Waals surface area contributed by atoms with Crippen molar-refractivity contribution in [3.63, 3.8) is 0 Å². The van der Waals surface area contributed by atoms with Gasteiger partial charge in [0.25, 0.3) is 16.7 Å². The van der Waals surface area contributed by atoms with Gasteiger partial charge >= 0.3 is 17.1 Å².